The maximum atomic E-state index is 12.3. The van der Waals surface area contributed by atoms with Gasteiger partial charge in [-0.15, -0.1) is 0 Å². The molecule has 1 aliphatic rings. The summed E-state index contributed by atoms with van der Waals surface area (Å²) in [4.78, 5) is 24.5. The molecule has 3 rings (SSSR count). The second-order valence-electron chi connectivity index (χ2n) is 7.04. The van der Waals surface area contributed by atoms with Crippen molar-refractivity contribution in [1.82, 2.24) is 16.2 Å². The van der Waals surface area contributed by atoms with E-state index in [-0.39, 0.29) is 17.2 Å². The molecule has 8 heteroatoms. The van der Waals surface area contributed by atoms with Crippen molar-refractivity contribution in [3.8, 4) is 0 Å². The third kappa shape index (κ3) is 4.59. The highest BCUT2D eigenvalue weighted by molar-refractivity contribution is 7.80. The lowest BCUT2D eigenvalue weighted by Crippen LogP contribution is -2.52. The lowest BCUT2D eigenvalue weighted by Gasteiger charge is -2.35. The molecule has 0 radical (unpaired) electrons. The van der Waals surface area contributed by atoms with Crippen molar-refractivity contribution in [2.24, 2.45) is 11.8 Å². The first-order chi connectivity index (χ1) is 12.8. The van der Waals surface area contributed by atoms with E-state index < -0.39 is 5.91 Å². The summed E-state index contributed by atoms with van der Waals surface area (Å²) in [7, 11) is 0. The van der Waals surface area contributed by atoms with Crippen LogP contribution in [0.5, 0.6) is 0 Å². The Balaban J connectivity index is 1.62. The summed E-state index contributed by atoms with van der Waals surface area (Å²) in [6, 6.07) is 6.07. The highest BCUT2D eigenvalue weighted by Gasteiger charge is 2.27. The summed E-state index contributed by atoms with van der Waals surface area (Å²) in [6.07, 6.45) is 3.43. The predicted octanol–water partition coefficient (Wildman–Crippen LogP) is 3.38. The maximum absolute atomic E-state index is 12.3. The third-order valence-electron chi connectivity index (χ3n) is 5.23. The van der Waals surface area contributed by atoms with Gasteiger partial charge in [0.25, 0.3) is 0 Å². The standard InChI is InChI=1S/C19H22ClN3O3S/c1-10-4-3-5-14(11(10)2)21-19(27)23-22-18(25)17-9-15(24)13-8-12(20)6-7-16(13)26-17/h6-11,14H,3-5H2,1-2H3,(H,22,25)(H2,21,23,27)/t10-,11-,14+/m1/s1. The molecule has 1 fully saturated rings. The van der Waals surface area contributed by atoms with Crippen molar-refractivity contribution >= 4 is 45.8 Å². The van der Waals surface area contributed by atoms with Crippen LogP contribution >= 0.6 is 23.8 Å². The number of hydrogen-bond acceptors (Lipinski definition) is 4. The minimum absolute atomic E-state index is 0.107. The lowest BCUT2D eigenvalue weighted by atomic mass is 9.78. The largest absolute Gasteiger partial charge is 0.451 e. The summed E-state index contributed by atoms with van der Waals surface area (Å²) < 4.78 is 5.50. The smallest absolute Gasteiger partial charge is 0.305 e. The van der Waals surface area contributed by atoms with Gasteiger partial charge in [-0.05, 0) is 48.7 Å². The first kappa shape index (κ1) is 19.6. The zero-order chi connectivity index (χ0) is 19.6. The number of amides is 1. The molecule has 1 saturated carbocycles. The van der Waals surface area contributed by atoms with Gasteiger partial charge in [-0.25, -0.2) is 0 Å². The molecule has 1 aromatic carbocycles. The number of benzene rings is 1. The number of fused-ring (bicyclic) bond motifs is 1. The van der Waals surface area contributed by atoms with Gasteiger partial charge in [0, 0.05) is 17.1 Å². The number of hydrogen-bond donors (Lipinski definition) is 3. The molecule has 3 atom stereocenters. The van der Waals surface area contributed by atoms with Crippen molar-refractivity contribution in [3.05, 3.63) is 45.3 Å². The Labute approximate surface area is 167 Å². The van der Waals surface area contributed by atoms with Crippen molar-refractivity contribution < 1.29 is 9.21 Å². The fraction of sp³-hybridized carbons (Fsp3) is 0.421. The summed E-state index contributed by atoms with van der Waals surface area (Å²) in [5, 5.41) is 4.34. The molecule has 0 spiro atoms. The van der Waals surface area contributed by atoms with Gasteiger partial charge in [-0.1, -0.05) is 38.3 Å². The van der Waals surface area contributed by atoms with Gasteiger partial charge in [-0.2, -0.15) is 0 Å². The average molecular weight is 408 g/mol. The SMILES string of the molecule is C[C@@H]1[C@H](C)CCC[C@@H]1NC(=S)NNC(=O)c1cc(=O)c2cc(Cl)ccc2o1. The summed E-state index contributed by atoms with van der Waals surface area (Å²) >= 11 is 11.2. The molecule has 144 valence electrons. The van der Waals surface area contributed by atoms with Crippen LogP contribution in [0.2, 0.25) is 5.02 Å². The Morgan fingerprint density at radius 2 is 2.00 bits per heavy atom. The van der Waals surface area contributed by atoms with Crippen LogP contribution in [0.1, 0.15) is 43.7 Å². The summed E-state index contributed by atoms with van der Waals surface area (Å²) in [5.74, 6) is 0.441. The van der Waals surface area contributed by atoms with Crippen molar-refractivity contribution in [2.45, 2.75) is 39.2 Å². The van der Waals surface area contributed by atoms with Crippen LogP contribution in [0.15, 0.2) is 33.5 Å². The van der Waals surface area contributed by atoms with Crippen LogP contribution < -0.4 is 21.6 Å². The molecule has 1 amide bonds. The normalized spacial score (nSPS) is 22.3. The Morgan fingerprint density at radius 1 is 1.22 bits per heavy atom. The molecular weight excluding hydrogens is 386 g/mol. The van der Waals surface area contributed by atoms with E-state index in [9.17, 15) is 9.59 Å². The van der Waals surface area contributed by atoms with Crippen LogP contribution in [0.4, 0.5) is 0 Å². The summed E-state index contributed by atoms with van der Waals surface area (Å²) in [6.45, 7) is 4.45. The van der Waals surface area contributed by atoms with E-state index >= 15 is 0 Å². The molecule has 0 saturated heterocycles. The van der Waals surface area contributed by atoms with Gasteiger partial charge >= 0.3 is 5.91 Å². The molecule has 1 aromatic heterocycles. The molecule has 1 aliphatic carbocycles. The fourth-order valence-corrected chi connectivity index (χ4v) is 3.78. The number of rotatable bonds is 2. The second-order valence-corrected chi connectivity index (χ2v) is 7.89. The van der Waals surface area contributed by atoms with E-state index in [0.29, 0.717) is 32.9 Å². The molecule has 3 N–H and O–H groups in total. The van der Waals surface area contributed by atoms with Crippen LogP contribution in [0.25, 0.3) is 11.0 Å². The van der Waals surface area contributed by atoms with E-state index in [0.717, 1.165) is 18.9 Å². The van der Waals surface area contributed by atoms with Gasteiger partial charge in [-0.3, -0.25) is 20.4 Å². The highest BCUT2D eigenvalue weighted by Crippen LogP contribution is 2.29. The number of nitrogens with one attached hydrogen (secondary N) is 3. The quantitative estimate of drug-likeness (QED) is 0.523. The molecule has 0 unspecified atom stereocenters. The minimum Gasteiger partial charge on any atom is -0.451 e. The van der Waals surface area contributed by atoms with E-state index in [2.05, 4.69) is 30.0 Å². The molecule has 1 heterocycles. The fourth-order valence-electron chi connectivity index (χ4n) is 3.41. The van der Waals surface area contributed by atoms with Gasteiger partial charge in [0.15, 0.2) is 16.3 Å². The van der Waals surface area contributed by atoms with E-state index in [1.807, 2.05) is 0 Å². The van der Waals surface area contributed by atoms with Crippen molar-refractivity contribution in [2.75, 3.05) is 0 Å². The zero-order valence-corrected chi connectivity index (χ0v) is 16.7. The van der Waals surface area contributed by atoms with Gasteiger partial charge in [0.05, 0.1) is 5.39 Å². The van der Waals surface area contributed by atoms with Crippen LogP contribution in [0.3, 0.4) is 0 Å². The van der Waals surface area contributed by atoms with E-state index in [1.54, 1.807) is 12.1 Å². The number of hydrazine groups is 1. The van der Waals surface area contributed by atoms with Crippen molar-refractivity contribution in [1.29, 1.82) is 0 Å². The molecule has 2 aromatic rings. The average Bonchev–Trinajstić information content (AvgIpc) is 2.64. The molecule has 0 bridgehead atoms. The molecule has 0 aliphatic heterocycles. The van der Waals surface area contributed by atoms with Gasteiger partial charge in [0.1, 0.15) is 5.58 Å². The number of halogens is 1. The first-order valence-corrected chi connectivity index (χ1v) is 9.74. The number of thiocarbonyl (C=S) groups is 1. The van der Waals surface area contributed by atoms with Gasteiger partial charge in [0.2, 0.25) is 0 Å². The van der Waals surface area contributed by atoms with Gasteiger partial charge < -0.3 is 9.73 Å². The number of carbonyl (C=O) groups is 1. The Kier molecular flexibility index (Phi) is 6.01. The summed E-state index contributed by atoms with van der Waals surface area (Å²) in [5.41, 5.74) is 5.10. The van der Waals surface area contributed by atoms with E-state index in [1.165, 1.54) is 12.5 Å². The van der Waals surface area contributed by atoms with Crippen LogP contribution in [-0.2, 0) is 0 Å². The van der Waals surface area contributed by atoms with Crippen molar-refractivity contribution in [3.63, 3.8) is 0 Å². The zero-order valence-electron chi connectivity index (χ0n) is 15.2. The van der Waals surface area contributed by atoms with Crippen LogP contribution in [-0.4, -0.2) is 17.1 Å². The second kappa shape index (κ2) is 8.27. The maximum Gasteiger partial charge on any atom is 0.305 e. The first-order valence-electron chi connectivity index (χ1n) is 8.95. The lowest BCUT2D eigenvalue weighted by molar-refractivity contribution is 0.0916. The Hall–Kier alpha value is -2.12. The predicted molar refractivity (Wildman–Crippen MR) is 110 cm³/mol. The third-order valence-corrected chi connectivity index (χ3v) is 5.68. The van der Waals surface area contributed by atoms with E-state index in [4.69, 9.17) is 28.2 Å². The molecule has 6 nitrogen and oxygen atoms in total. The molecule has 27 heavy (non-hydrogen) atoms. The Bertz CT molecular complexity index is 930. The Morgan fingerprint density at radius 3 is 2.78 bits per heavy atom. The minimum atomic E-state index is -0.585. The number of carbonyl (C=O) groups excluding carboxylic acids is 1. The highest BCUT2D eigenvalue weighted by atomic mass is 35.5. The topological polar surface area (TPSA) is 83.4 Å². The molecular formula is C19H22ClN3O3S. The monoisotopic (exact) mass is 407 g/mol. The van der Waals surface area contributed by atoms with Crippen LogP contribution in [0, 0.1) is 11.8 Å².